The van der Waals surface area contributed by atoms with Crippen LogP contribution in [0.15, 0.2) is 42.5 Å². The number of carbonyl (C=O) groups is 1. The molecular formula is C24H29N3OS. The number of rotatable bonds is 5. The Kier molecular flexibility index (Phi) is 5.86. The van der Waals surface area contributed by atoms with Gasteiger partial charge >= 0.3 is 0 Å². The molecule has 2 aromatic carbocycles. The summed E-state index contributed by atoms with van der Waals surface area (Å²) in [7, 11) is 0. The lowest BCUT2D eigenvalue weighted by atomic mass is 9.95. The molecule has 1 aromatic heterocycles. The lowest BCUT2D eigenvalue weighted by Crippen LogP contribution is -2.41. The summed E-state index contributed by atoms with van der Waals surface area (Å²) in [5, 5.41) is 4.26. The van der Waals surface area contributed by atoms with Crippen LogP contribution in [-0.4, -0.2) is 30.5 Å². The lowest BCUT2D eigenvalue weighted by Gasteiger charge is -2.31. The highest BCUT2D eigenvalue weighted by Gasteiger charge is 2.26. The van der Waals surface area contributed by atoms with Gasteiger partial charge in [-0.1, -0.05) is 54.7 Å². The van der Waals surface area contributed by atoms with E-state index in [0.29, 0.717) is 12.5 Å². The topological polar surface area (TPSA) is 45.2 Å². The summed E-state index contributed by atoms with van der Waals surface area (Å²) in [4.78, 5) is 19.9. The van der Waals surface area contributed by atoms with Gasteiger partial charge in [-0.25, -0.2) is 4.98 Å². The van der Waals surface area contributed by atoms with Crippen molar-refractivity contribution in [3.05, 3.63) is 59.2 Å². The van der Waals surface area contributed by atoms with E-state index in [0.717, 1.165) is 36.6 Å². The number of fused-ring (bicyclic) bond motifs is 1. The van der Waals surface area contributed by atoms with Gasteiger partial charge < -0.3 is 10.2 Å². The van der Waals surface area contributed by atoms with Crippen LogP contribution in [-0.2, 0) is 4.79 Å². The van der Waals surface area contributed by atoms with Crippen molar-refractivity contribution < 1.29 is 4.79 Å². The first kappa shape index (κ1) is 19.9. The molecule has 0 radical (unpaired) electrons. The first-order valence-corrected chi connectivity index (χ1v) is 11.3. The van der Waals surface area contributed by atoms with E-state index in [4.69, 9.17) is 4.98 Å². The quantitative estimate of drug-likeness (QED) is 0.644. The summed E-state index contributed by atoms with van der Waals surface area (Å²) in [6.45, 7) is 8.91. The Labute approximate surface area is 177 Å². The van der Waals surface area contributed by atoms with Crippen molar-refractivity contribution in [2.75, 3.05) is 24.5 Å². The molecule has 0 unspecified atom stereocenters. The fourth-order valence-corrected chi connectivity index (χ4v) is 5.32. The van der Waals surface area contributed by atoms with Crippen LogP contribution in [0, 0.1) is 19.8 Å². The highest BCUT2D eigenvalue weighted by Crippen LogP contribution is 2.33. The molecule has 0 aliphatic carbocycles. The zero-order valence-electron chi connectivity index (χ0n) is 17.4. The van der Waals surface area contributed by atoms with E-state index in [1.807, 2.05) is 18.2 Å². The summed E-state index contributed by atoms with van der Waals surface area (Å²) >= 11 is 1.77. The van der Waals surface area contributed by atoms with Crippen molar-refractivity contribution in [3.63, 3.8) is 0 Å². The molecule has 29 heavy (non-hydrogen) atoms. The van der Waals surface area contributed by atoms with Gasteiger partial charge in [0, 0.05) is 25.6 Å². The van der Waals surface area contributed by atoms with Crippen LogP contribution < -0.4 is 10.2 Å². The fraction of sp³-hybridized carbons (Fsp3) is 0.417. The first-order chi connectivity index (χ1) is 14.0. The predicted octanol–water partition coefficient (Wildman–Crippen LogP) is 5.05. The third-order valence-corrected chi connectivity index (χ3v) is 6.97. The molecule has 1 atom stereocenters. The summed E-state index contributed by atoms with van der Waals surface area (Å²) in [5.41, 5.74) is 4.91. The number of aryl methyl sites for hydroxylation is 2. The molecule has 0 bridgehead atoms. The molecule has 0 spiro atoms. The van der Waals surface area contributed by atoms with Crippen LogP contribution >= 0.6 is 11.3 Å². The van der Waals surface area contributed by atoms with Gasteiger partial charge in [-0.3, -0.25) is 4.79 Å². The Bertz CT molecular complexity index is 990. The van der Waals surface area contributed by atoms with Crippen LogP contribution in [0.25, 0.3) is 10.2 Å². The molecule has 0 saturated carbocycles. The van der Waals surface area contributed by atoms with Crippen molar-refractivity contribution in [1.82, 2.24) is 10.3 Å². The van der Waals surface area contributed by atoms with E-state index in [9.17, 15) is 4.79 Å². The van der Waals surface area contributed by atoms with E-state index in [-0.39, 0.29) is 11.8 Å². The number of hydrogen-bond acceptors (Lipinski definition) is 4. The maximum atomic E-state index is 12.7. The minimum absolute atomic E-state index is 0.104. The fourth-order valence-electron chi connectivity index (χ4n) is 4.12. The smallest absolute Gasteiger partial charge is 0.223 e. The molecule has 1 aliphatic heterocycles. The van der Waals surface area contributed by atoms with Crippen LogP contribution in [0.4, 0.5) is 5.13 Å². The highest BCUT2D eigenvalue weighted by atomic mass is 32.1. The number of thiazole rings is 1. The minimum Gasteiger partial charge on any atom is -0.355 e. The van der Waals surface area contributed by atoms with Crippen LogP contribution in [0.5, 0.6) is 0 Å². The van der Waals surface area contributed by atoms with Gasteiger partial charge in [-0.15, -0.1) is 0 Å². The molecule has 5 heteroatoms. The maximum Gasteiger partial charge on any atom is 0.223 e. The molecule has 1 aliphatic rings. The Morgan fingerprint density at radius 2 is 1.93 bits per heavy atom. The van der Waals surface area contributed by atoms with Gasteiger partial charge in [0.05, 0.1) is 10.2 Å². The molecule has 4 rings (SSSR count). The molecule has 1 amide bonds. The number of piperidine rings is 1. The van der Waals surface area contributed by atoms with Crippen LogP contribution in [0.2, 0.25) is 0 Å². The molecule has 2 heterocycles. The van der Waals surface area contributed by atoms with Gasteiger partial charge in [0.2, 0.25) is 5.91 Å². The number of aromatic nitrogens is 1. The van der Waals surface area contributed by atoms with Crippen molar-refractivity contribution in [2.24, 2.45) is 5.92 Å². The van der Waals surface area contributed by atoms with Gasteiger partial charge in [-0.2, -0.15) is 0 Å². The number of nitrogens with zero attached hydrogens (tertiary/aromatic N) is 2. The summed E-state index contributed by atoms with van der Waals surface area (Å²) in [6.07, 6.45) is 1.78. The number of amides is 1. The normalized spacial score (nSPS) is 16.2. The summed E-state index contributed by atoms with van der Waals surface area (Å²) in [5.74, 6) is 0.630. The van der Waals surface area contributed by atoms with Gasteiger partial charge in [-0.05, 0) is 55.4 Å². The van der Waals surface area contributed by atoms with Crippen molar-refractivity contribution in [1.29, 1.82) is 0 Å². The van der Waals surface area contributed by atoms with E-state index in [2.05, 4.69) is 55.3 Å². The number of hydrogen-bond donors (Lipinski definition) is 1. The average molecular weight is 408 g/mol. The van der Waals surface area contributed by atoms with E-state index < -0.39 is 0 Å². The molecule has 1 N–H and O–H groups in total. The second-order valence-corrected chi connectivity index (χ2v) is 9.25. The second kappa shape index (κ2) is 8.54. The number of nitrogens with one attached hydrogen (secondary N) is 1. The number of anilines is 1. The Morgan fingerprint density at radius 1 is 1.21 bits per heavy atom. The second-order valence-electron chi connectivity index (χ2n) is 8.24. The van der Waals surface area contributed by atoms with Crippen LogP contribution in [0.1, 0.15) is 42.4 Å². The van der Waals surface area contributed by atoms with E-state index in [1.54, 1.807) is 11.3 Å². The SMILES string of the molecule is Cc1cc(C)c2nc(N3CCC(C(=O)NC[C@@H](C)c4ccccc4)CC3)sc2c1. The zero-order valence-corrected chi connectivity index (χ0v) is 18.3. The highest BCUT2D eigenvalue weighted by molar-refractivity contribution is 7.22. The number of benzene rings is 2. The van der Waals surface area contributed by atoms with E-state index >= 15 is 0 Å². The van der Waals surface area contributed by atoms with Crippen molar-refractivity contribution in [3.8, 4) is 0 Å². The Hall–Kier alpha value is -2.40. The van der Waals surface area contributed by atoms with Crippen molar-refractivity contribution in [2.45, 2.75) is 39.5 Å². The predicted molar refractivity (Wildman–Crippen MR) is 122 cm³/mol. The first-order valence-electron chi connectivity index (χ1n) is 10.5. The molecule has 3 aromatic rings. The molecule has 1 saturated heterocycles. The van der Waals surface area contributed by atoms with Gasteiger partial charge in [0.15, 0.2) is 5.13 Å². The standard InChI is InChI=1S/C24H29N3OS/c1-16-13-17(2)22-21(14-16)29-24(26-22)27-11-9-20(10-12-27)23(28)25-15-18(3)19-7-5-4-6-8-19/h4-8,13-14,18,20H,9-12,15H2,1-3H3,(H,25,28)/t18-/m1/s1. The van der Waals surface area contributed by atoms with E-state index in [1.165, 1.54) is 21.4 Å². The average Bonchev–Trinajstić information content (AvgIpc) is 3.17. The molecule has 4 nitrogen and oxygen atoms in total. The third-order valence-electron chi connectivity index (χ3n) is 5.91. The van der Waals surface area contributed by atoms with Gasteiger partial charge in [0.1, 0.15) is 0 Å². The lowest BCUT2D eigenvalue weighted by molar-refractivity contribution is -0.125. The monoisotopic (exact) mass is 407 g/mol. The summed E-state index contributed by atoms with van der Waals surface area (Å²) in [6, 6.07) is 14.8. The van der Waals surface area contributed by atoms with Crippen molar-refractivity contribution >= 4 is 32.6 Å². The maximum absolute atomic E-state index is 12.7. The van der Waals surface area contributed by atoms with Gasteiger partial charge in [0.25, 0.3) is 0 Å². The minimum atomic E-state index is 0.104. The molecule has 1 fully saturated rings. The largest absolute Gasteiger partial charge is 0.355 e. The summed E-state index contributed by atoms with van der Waals surface area (Å²) < 4.78 is 1.26. The number of carbonyl (C=O) groups excluding carboxylic acids is 1. The molecular weight excluding hydrogens is 378 g/mol. The van der Waals surface area contributed by atoms with Crippen LogP contribution in [0.3, 0.4) is 0 Å². The Morgan fingerprint density at radius 3 is 2.66 bits per heavy atom. The zero-order chi connectivity index (χ0) is 20.4. The Balaban J connectivity index is 1.32. The third kappa shape index (κ3) is 4.45. The molecule has 152 valence electrons.